The number of nitrogens with zero attached hydrogens (tertiary/aromatic N) is 1. The van der Waals surface area contributed by atoms with Crippen molar-refractivity contribution in [2.75, 3.05) is 47.5 Å². The van der Waals surface area contributed by atoms with Crippen molar-refractivity contribution in [3.63, 3.8) is 0 Å². The van der Waals surface area contributed by atoms with Crippen LogP contribution in [0.25, 0.3) is 0 Å². The maximum atomic E-state index is 12.9. The second-order valence-electron chi connectivity index (χ2n) is 20.9. The summed E-state index contributed by atoms with van der Waals surface area (Å²) < 4.78 is 22.8. The summed E-state index contributed by atoms with van der Waals surface area (Å²) in [5.41, 5.74) is 0. The van der Waals surface area contributed by atoms with Gasteiger partial charge in [0.2, 0.25) is 0 Å². The Morgan fingerprint density at radius 1 is 0.397 bits per heavy atom. The predicted molar refractivity (Wildman–Crippen MR) is 331 cm³/mol. The van der Waals surface area contributed by atoms with Crippen LogP contribution in [0.1, 0.15) is 213 Å². The molecular weight excluding hydrogens is 971 g/mol. The number of aliphatic carboxylic acids is 1. The normalized spacial score (nSPS) is 13.8. The van der Waals surface area contributed by atoms with Crippen molar-refractivity contribution in [2.24, 2.45) is 0 Å². The number of esters is 2. The van der Waals surface area contributed by atoms with E-state index in [1.54, 1.807) is 0 Å². The molecule has 9 nitrogen and oxygen atoms in total. The highest BCUT2D eigenvalue weighted by Crippen LogP contribution is 2.13. The molecule has 0 amide bonds. The topological polar surface area (TPSA) is 108 Å². The standard InChI is InChI=1S/C69H111NO8/c1-6-8-10-12-14-16-18-20-22-24-25-26-27-28-29-30-31-32-33-34-35-36-37-38-39-40-41-42-43-44-46-48-50-52-54-56-58-60-67(72)78-65(64-77-69(68(73)74)75-62-61-70(3,4)5)63-76-66(71)59-57-55-53-51-49-47-45-23-21-19-17-15-13-11-9-7-2/h8,10,14,16,20,22-23,25-26,28-29,31-32,34-35,37-38,40-41,43-45,48,50,65,69H,6-7,9,11-13,15,17-19,21,24,27,30,33,36,39,42,46-47,49,51-64H2,1-5H3/p+1/b10-8-,16-14-,22-20-,26-25-,29-28-,32-31-,35-34-,38-37-,41-40-,44-43-,45-23-,50-48-. The van der Waals surface area contributed by atoms with Crippen LogP contribution >= 0.6 is 0 Å². The van der Waals surface area contributed by atoms with Crippen LogP contribution in [-0.4, -0.2) is 87.4 Å². The van der Waals surface area contributed by atoms with Crippen LogP contribution < -0.4 is 0 Å². The maximum Gasteiger partial charge on any atom is 0.361 e. The van der Waals surface area contributed by atoms with E-state index >= 15 is 0 Å². The summed E-state index contributed by atoms with van der Waals surface area (Å²) in [6, 6.07) is 0. The Bertz CT molecular complexity index is 1780. The van der Waals surface area contributed by atoms with Gasteiger partial charge in [-0.25, -0.2) is 4.79 Å². The number of carbonyl (C=O) groups excluding carboxylic acids is 2. The van der Waals surface area contributed by atoms with Gasteiger partial charge in [0.15, 0.2) is 6.10 Å². The van der Waals surface area contributed by atoms with Crippen molar-refractivity contribution in [1.82, 2.24) is 0 Å². The number of hydrogen-bond acceptors (Lipinski definition) is 7. The molecule has 0 heterocycles. The van der Waals surface area contributed by atoms with Gasteiger partial charge in [0, 0.05) is 12.8 Å². The Kier molecular flexibility index (Phi) is 54.7. The lowest BCUT2D eigenvalue weighted by molar-refractivity contribution is -0.870. The Morgan fingerprint density at radius 3 is 1.12 bits per heavy atom. The summed E-state index contributed by atoms with van der Waals surface area (Å²) in [4.78, 5) is 37.4. The van der Waals surface area contributed by atoms with Gasteiger partial charge < -0.3 is 28.5 Å². The number of carbonyl (C=O) groups is 3. The van der Waals surface area contributed by atoms with Gasteiger partial charge in [-0.3, -0.25) is 9.59 Å². The Labute approximate surface area is 477 Å². The van der Waals surface area contributed by atoms with Crippen LogP contribution in [0.3, 0.4) is 0 Å². The molecule has 0 saturated carbocycles. The fourth-order valence-electron chi connectivity index (χ4n) is 7.66. The minimum Gasteiger partial charge on any atom is -0.477 e. The molecule has 1 N–H and O–H groups in total. The highest BCUT2D eigenvalue weighted by Gasteiger charge is 2.25. The lowest BCUT2D eigenvalue weighted by Gasteiger charge is -2.25. The first kappa shape index (κ1) is 73.2. The van der Waals surface area contributed by atoms with Crippen LogP contribution in [0, 0.1) is 0 Å². The molecular formula is C69H112NO8+. The molecule has 78 heavy (non-hydrogen) atoms. The van der Waals surface area contributed by atoms with Crippen LogP contribution in [0.5, 0.6) is 0 Å². The largest absolute Gasteiger partial charge is 0.477 e. The fraction of sp³-hybridized carbons (Fsp3) is 0.609. The van der Waals surface area contributed by atoms with Crippen LogP contribution in [-0.2, 0) is 33.3 Å². The van der Waals surface area contributed by atoms with E-state index in [9.17, 15) is 19.5 Å². The molecule has 0 spiro atoms. The average molecular weight is 1080 g/mol. The molecule has 0 aliphatic heterocycles. The predicted octanol–water partition coefficient (Wildman–Crippen LogP) is 18.4. The second-order valence-corrected chi connectivity index (χ2v) is 20.9. The minimum atomic E-state index is -1.53. The summed E-state index contributed by atoms with van der Waals surface area (Å²) in [6.45, 7) is 4.69. The number of allylic oxidation sites excluding steroid dienone is 24. The number of unbranched alkanes of at least 4 members (excludes halogenated alkanes) is 15. The van der Waals surface area contributed by atoms with E-state index in [-0.39, 0.29) is 38.6 Å². The van der Waals surface area contributed by atoms with Gasteiger partial charge in [0.25, 0.3) is 6.29 Å². The molecule has 0 saturated heterocycles. The lowest BCUT2D eigenvalue weighted by atomic mass is 10.1. The quantitative estimate of drug-likeness (QED) is 0.0211. The average Bonchev–Trinajstić information content (AvgIpc) is 3.41. The molecule has 0 fully saturated rings. The van der Waals surface area contributed by atoms with Crippen molar-refractivity contribution in [1.29, 1.82) is 0 Å². The molecule has 0 aromatic carbocycles. The van der Waals surface area contributed by atoms with Gasteiger partial charge in [0.1, 0.15) is 13.2 Å². The summed E-state index contributed by atoms with van der Waals surface area (Å²) >= 11 is 0. The molecule has 0 rings (SSSR count). The van der Waals surface area contributed by atoms with E-state index in [4.69, 9.17) is 18.9 Å². The van der Waals surface area contributed by atoms with Crippen LogP contribution in [0.15, 0.2) is 146 Å². The van der Waals surface area contributed by atoms with Gasteiger partial charge in [0.05, 0.1) is 34.4 Å². The molecule has 0 aromatic heterocycles. The molecule has 0 aromatic rings. The SMILES string of the molecule is CC/C=C\C/C=C\C/C=C\C/C=C\C/C=C\C/C=C\C/C=C\C/C=C\C/C=C\C/C=C\C/C=C\CCCCCC(=O)OC(COC(=O)CCCCCCC/C=C\CCCCCCCCC)COC(OCC[N+](C)(C)C)C(=O)O. The van der Waals surface area contributed by atoms with E-state index in [0.29, 0.717) is 17.4 Å². The zero-order valence-corrected chi connectivity index (χ0v) is 50.0. The van der Waals surface area contributed by atoms with Gasteiger partial charge >= 0.3 is 17.9 Å². The number of carboxylic acids is 1. The van der Waals surface area contributed by atoms with E-state index < -0.39 is 24.3 Å². The first-order chi connectivity index (χ1) is 38.1. The monoisotopic (exact) mass is 1080 g/mol. The van der Waals surface area contributed by atoms with Gasteiger partial charge in [-0.2, -0.15) is 0 Å². The maximum absolute atomic E-state index is 12.9. The Morgan fingerprint density at radius 2 is 0.731 bits per heavy atom. The molecule has 9 heteroatoms. The number of ether oxygens (including phenoxy) is 4. The third-order valence-corrected chi connectivity index (χ3v) is 12.3. The van der Waals surface area contributed by atoms with Crippen molar-refractivity contribution in [2.45, 2.75) is 225 Å². The van der Waals surface area contributed by atoms with Gasteiger partial charge in [-0.05, 0) is 122 Å². The van der Waals surface area contributed by atoms with Crippen molar-refractivity contribution in [3.8, 4) is 0 Å². The molecule has 2 unspecified atom stereocenters. The molecule has 0 aliphatic carbocycles. The van der Waals surface area contributed by atoms with E-state index in [1.807, 2.05) is 21.1 Å². The van der Waals surface area contributed by atoms with Crippen molar-refractivity contribution < 1.29 is 42.9 Å². The summed E-state index contributed by atoms with van der Waals surface area (Å²) in [5, 5.41) is 9.70. The van der Waals surface area contributed by atoms with E-state index in [0.717, 1.165) is 128 Å². The molecule has 0 radical (unpaired) electrons. The number of rotatable bonds is 54. The van der Waals surface area contributed by atoms with E-state index in [1.165, 1.54) is 51.4 Å². The van der Waals surface area contributed by atoms with E-state index in [2.05, 4.69) is 160 Å². The first-order valence-electron chi connectivity index (χ1n) is 30.5. The smallest absolute Gasteiger partial charge is 0.361 e. The highest BCUT2D eigenvalue weighted by molar-refractivity contribution is 5.71. The number of hydrogen-bond donors (Lipinski definition) is 1. The van der Waals surface area contributed by atoms with Crippen LogP contribution in [0.2, 0.25) is 0 Å². The van der Waals surface area contributed by atoms with Gasteiger partial charge in [-0.15, -0.1) is 0 Å². The Balaban J connectivity index is 4.31. The summed E-state index contributed by atoms with van der Waals surface area (Å²) in [7, 11) is 5.94. The third kappa shape index (κ3) is 58.8. The number of carboxylic acid groups (broad SMARTS) is 1. The lowest BCUT2D eigenvalue weighted by Crippen LogP contribution is -2.40. The third-order valence-electron chi connectivity index (χ3n) is 12.3. The second kappa shape index (κ2) is 58.3. The molecule has 440 valence electrons. The summed E-state index contributed by atoms with van der Waals surface area (Å²) in [6.07, 6.45) is 82.2. The van der Waals surface area contributed by atoms with Crippen LogP contribution in [0.4, 0.5) is 0 Å². The number of quaternary nitrogens is 1. The Hall–Kier alpha value is -4.83. The molecule has 2 atom stereocenters. The van der Waals surface area contributed by atoms with Gasteiger partial charge in [-0.1, -0.05) is 224 Å². The highest BCUT2D eigenvalue weighted by atomic mass is 16.7. The number of likely N-dealkylation sites (N-methyl/N-ethyl adjacent to an activating group) is 1. The molecule has 0 aliphatic rings. The summed E-state index contributed by atoms with van der Waals surface area (Å²) in [5.74, 6) is -2.08. The molecule has 0 bridgehead atoms. The minimum absolute atomic E-state index is 0.172. The first-order valence-corrected chi connectivity index (χ1v) is 30.5. The zero-order valence-electron chi connectivity index (χ0n) is 50.0. The zero-order chi connectivity index (χ0) is 56.9. The van der Waals surface area contributed by atoms with Crippen molar-refractivity contribution >= 4 is 17.9 Å². The van der Waals surface area contributed by atoms with Crippen molar-refractivity contribution in [3.05, 3.63) is 146 Å². The fourth-order valence-corrected chi connectivity index (χ4v) is 7.66.